The molecule has 0 aliphatic rings. The first kappa shape index (κ1) is 22.4. The maximum atomic E-state index is 11.1. The Labute approximate surface area is 149 Å². The molecular formula is C22H36O2. The molecule has 136 valence electrons. The molecule has 24 heavy (non-hydrogen) atoms. The molecule has 0 heterocycles. The lowest BCUT2D eigenvalue weighted by Crippen LogP contribution is -2.02. The average Bonchev–Trinajstić information content (AvgIpc) is 2.50. The van der Waals surface area contributed by atoms with Gasteiger partial charge in [0.15, 0.2) is 0 Å². The van der Waals surface area contributed by atoms with Crippen molar-refractivity contribution in [2.24, 2.45) is 17.8 Å². The predicted octanol–water partition coefficient (Wildman–Crippen LogP) is 6.26. The molecule has 0 aromatic heterocycles. The summed E-state index contributed by atoms with van der Waals surface area (Å²) in [5, 5.41) is 0. The minimum atomic E-state index is -0.297. The van der Waals surface area contributed by atoms with Crippen LogP contribution in [-0.4, -0.2) is 12.6 Å². The molecule has 0 rings (SSSR count). The van der Waals surface area contributed by atoms with Gasteiger partial charge in [-0.05, 0) is 44.4 Å². The molecule has 2 nitrogen and oxygen atoms in total. The minimum absolute atomic E-state index is 0.297. The molecule has 0 amide bonds. The maximum Gasteiger partial charge on any atom is 0.330 e. The maximum absolute atomic E-state index is 11.1. The summed E-state index contributed by atoms with van der Waals surface area (Å²) in [6, 6.07) is 0. The highest BCUT2D eigenvalue weighted by atomic mass is 16.5. The fourth-order valence-corrected chi connectivity index (χ4v) is 2.72. The lowest BCUT2D eigenvalue weighted by molar-refractivity contribution is -0.137. The summed E-state index contributed by atoms with van der Waals surface area (Å²) in [7, 11) is 0. The van der Waals surface area contributed by atoms with Crippen molar-refractivity contribution >= 4 is 5.97 Å². The first-order valence-electron chi connectivity index (χ1n) is 9.24. The number of allylic oxidation sites excluding steroid dienone is 7. The van der Waals surface area contributed by atoms with Gasteiger partial charge >= 0.3 is 5.97 Å². The van der Waals surface area contributed by atoms with Crippen molar-refractivity contribution < 1.29 is 9.53 Å². The first-order chi connectivity index (χ1) is 11.4. The summed E-state index contributed by atoms with van der Waals surface area (Å²) in [6.07, 6.45) is 17.2. The normalized spacial score (nSPS) is 16.8. The van der Waals surface area contributed by atoms with E-state index in [1.165, 1.54) is 30.9 Å². The number of esters is 1. The average molecular weight is 333 g/mol. The van der Waals surface area contributed by atoms with E-state index >= 15 is 0 Å². The van der Waals surface area contributed by atoms with Gasteiger partial charge in [-0.2, -0.15) is 0 Å². The Hall–Kier alpha value is -1.57. The number of hydrogen-bond donors (Lipinski definition) is 0. The first-order valence-corrected chi connectivity index (χ1v) is 9.24. The van der Waals surface area contributed by atoms with Crippen LogP contribution in [0.25, 0.3) is 0 Å². The van der Waals surface area contributed by atoms with Crippen LogP contribution in [0.1, 0.15) is 60.8 Å². The van der Waals surface area contributed by atoms with Gasteiger partial charge in [-0.15, -0.1) is 0 Å². The summed E-state index contributed by atoms with van der Waals surface area (Å²) in [5.41, 5.74) is 1.51. The van der Waals surface area contributed by atoms with Crippen LogP contribution in [0.5, 0.6) is 0 Å². The molecule has 2 heteroatoms. The van der Waals surface area contributed by atoms with Gasteiger partial charge in [0.1, 0.15) is 0 Å². The van der Waals surface area contributed by atoms with E-state index in [0.717, 1.165) is 0 Å². The molecule has 0 aromatic carbocycles. The number of rotatable bonds is 11. The van der Waals surface area contributed by atoms with Gasteiger partial charge in [0.25, 0.3) is 0 Å². The highest BCUT2D eigenvalue weighted by Crippen LogP contribution is 2.21. The van der Waals surface area contributed by atoms with Gasteiger partial charge in [-0.1, -0.05) is 76.1 Å². The van der Waals surface area contributed by atoms with Crippen molar-refractivity contribution in [3.8, 4) is 0 Å². The summed E-state index contributed by atoms with van der Waals surface area (Å²) in [6.45, 7) is 13.6. The highest BCUT2D eigenvalue weighted by Gasteiger charge is 2.07. The quantitative estimate of drug-likeness (QED) is 0.193. The fourth-order valence-electron chi connectivity index (χ4n) is 2.72. The summed E-state index contributed by atoms with van der Waals surface area (Å²) < 4.78 is 4.81. The van der Waals surface area contributed by atoms with Gasteiger partial charge in [-0.3, -0.25) is 0 Å². The molecule has 0 fully saturated rings. The molecule has 0 spiro atoms. The third kappa shape index (κ3) is 12.9. The van der Waals surface area contributed by atoms with Gasteiger partial charge in [0.05, 0.1) is 6.61 Å². The molecule has 0 aromatic rings. The van der Waals surface area contributed by atoms with Crippen molar-refractivity contribution in [2.45, 2.75) is 60.8 Å². The third-order valence-electron chi connectivity index (χ3n) is 3.95. The largest absolute Gasteiger partial charge is 0.463 e. The second-order valence-corrected chi connectivity index (χ2v) is 6.80. The van der Waals surface area contributed by atoms with Crippen LogP contribution in [0.15, 0.2) is 48.1 Å². The van der Waals surface area contributed by atoms with Crippen molar-refractivity contribution in [2.75, 3.05) is 6.61 Å². The molecular weight excluding hydrogens is 296 g/mol. The van der Waals surface area contributed by atoms with Crippen LogP contribution in [0.2, 0.25) is 0 Å². The zero-order valence-corrected chi connectivity index (χ0v) is 16.4. The minimum Gasteiger partial charge on any atom is -0.463 e. The Balaban J connectivity index is 4.17. The standard InChI is InChI=1S/C22H36O2/c1-7-18(3)15-20(5)17-21(6)16-19(4)13-11-9-10-12-14-22(23)24-8-2/h9-15,18-19,21H,7-8,16-17H2,1-6H3/b10-9+,13-11+,14-12+,20-15+/t18-,19-,21-/m0/s1. The monoisotopic (exact) mass is 332 g/mol. The number of hydrogen-bond acceptors (Lipinski definition) is 2. The van der Waals surface area contributed by atoms with Crippen LogP contribution in [0.4, 0.5) is 0 Å². The Morgan fingerprint density at radius 3 is 2.29 bits per heavy atom. The topological polar surface area (TPSA) is 26.3 Å². The molecule has 0 unspecified atom stereocenters. The van der Waals surface area contributed by atoms with Crippen molar-refractivity contribution in [3.05, 3.63) is 48.1 Å². The van der Waals surface area contributed by atoms with E-state index in [2.05, 4.69) is 52.8 Å². The smallest absolute Gasteiger partial charge is 0.330 e. The second kappa shape index (κ2) is 13.8. The number of carbonyl (C=O) groups is 1. The van der Waals surface area contributed by atoms with Crippen LogP contribution < -0.4 is 0 Å². The van der Waals surface area contributed by atoms with Crippen LogP contribution >= 0.6 is 0 Å². The Kier molecular flexibility index (Phi) is 12.9. The second-order valence-electron chi connectivity index (χ2n) is 6.80. The summed E-state index contributed by atoms with van der Waals surface area (Å²) in [5.74, 6) is 1.63. The van der Waals surface area contributed by atoms with Crippen molar-refractivity contribution in [3.63, 3.8) is 0 Å². The Morgan fingerprint density at radius 2 is 1.67 bits per heavy atom. The predicted molar refractivity (Wildman–Crippen MR) is 105 cm³/mol. The van der Waals surface area contributed by atoms with Gasteiger partial charge in [0, 0.05) is 6.08 Å². The molecule has 0 aliphatic carbocycles. The molecule has 0 saturated heterocycles. The van der Waals surface area contributed by atoms with E-state index in [0.29, 0.717) is 24.4 Å². The zero-order chi connectivity index (χ0) is 18.4. The molecule has 0 radical (unpaired) electrons. The molecule has 0 N–H and O–H groups in total. The molecule has 0 aliphatic heterocycles. The Morgan fingerprint density at radius 1 is 1.00 bits per heavy atom. The highest BCUT2D eigenvalue weighted by molar-refractivity contribution is 5.82. The van der Waals surface area contributed by atoms with Gasteiger partial charge < -0.3 is 4.74 Å². The number of carbonyl (C=O) groups excluding carboxylic acids is 1. The summed E-state index contributed by atoms with van der Waals surface area (Å²) in [4.78, 5) is 11.1. The molecule has 0 bridgehead atoms. The lowest BCUT2D eigenvalue weighted by Gasteiger charge is -2.15. The van der Waals surface area contributed by atoms with E-state index in [1.807, 2.05) is 12.2 Å². The Bertz CT molecular complexity index is 455. The van der Waals surface area contributed by atoms with Crippen molar-refractivity contribution in [1.82, 2.24) is 0 Å². The SMILES string of the molecule is CCOC(=O)/C=C/C=C/C=C/[C@H](C)C[C@H](C)C/C(C)=C/[C@@H](C)CC. The molecule has 0 saturated carbocycles. The third-order valence-corrected chi connectivity index (χ3v) is 3.95. The molecule has 3 atom stereocenters. The van der Waals surface area contributed by atoms with Gasteiger partial charge in [-0.25, -0.2) is 4.79 Å². The zero-order valence-electron chi connectivity index (χ0n) is 16.4. The fraction of sp³-hybridized carbons (Fsp3) is 0.591. The van der Waals surface area contributed by atoms with Crippen molar-refractivity contribution in [1.29, 1.82) is 0 Å². The van der Waals surface area contributed by atoms with Crippen LogP contribution in [-0.2, 0) is 9.53 Å². The van der Waals surface area contributed by atoms with E-state index in [4.69, 9.17) is 4.74 Å². The van der Waals surface area contributed by atoms with E-state index in [1.54, 1.807) is 13.0 Å². The lowest BCUT2D eigenvalue weighted by atomic mass is 9.90. The number of ether oxygens (including phenoxy) is 1. The van der Waals surface area contributed by atoms with Crippen LogP contribution in [0.3, 0.4) is 0 Å². The summed E-state index contributed by atoms with van der Waals surface area (Å²) >= 11 is 0. The van der Waals surface area contributed by atoms with Crippen LogP contribution in [0, 0.1) is 17.8 Å². The van der Waals surface area contributed by atoms with E-state index in [9.17, 15) is 4.79 Å². The van der Waals surface area contributed by atoms with E-state index in [-0.39, 0.29) is 5.97 Å². The van der Waals surface area contributed by atoms with E-state index < -0.39 is 0 Å². The van der Waals surface area contributed by atoms with Gasteiger partial charge in [0.2, 0.25) is 0 Å².